The SMILES string of the molecule is CC1=CC(CNc2n[nH]c(N)n2)=CC1. The van der Waals surface area contributed by atoms with Gasteiger partial charge < -0.3 is 11.1 Å². The number of nitrogens with two attached hydrogens (primary N) is 1. The molecule has 1 heterocycles. The van der Waals surface area contributed by atoms with Gasteiger partial charge in [-0.1, -0.05) is 17.7 Å². The van der Waals surface area contributed by atoms with Crippen LogP contribution < -0.4 is 11.1 Å². The number of hydrogen-bond acceptors (Lipinski definition) is 4. The van der Waals surface area contributed by atoms with Gasteiger partial charge in [-0.25, -0.2) is 5.10 Å². The van der Waals surface area contributed by atoms with E-state index in [1.165, 1.54) is 11.1 Å². The number of anilines is 2. The van der Waals surface area contributed by atoms with E-state index in [0.717, 1.165) is 13.0 Å². The van der Waals surface area contributed by atoms with Gasteiger partial charge in [0.1, 0.15) is 0 Å². The Morgan fingerprint density at radius 2 is 2.50 bits per heavy atom. The van der Waals surface area contributed by atoms with Crippen LogP contribution in [0.2, 0.25) is 0 Å². The molecule has 0 unspecified atom stereocenters. The average Bonchev–Trinajstić information content (AvgIpc) is 2.72. The fraction of sp³-hybridized carbons (Fsp3) is 0.333. The molecule has 0 aromatic carbocycles. The van der Waals surface area contributed by atoms with Gasteiger partial charge in [-0.3, -0.25) is 0 Å². The molecule has 0 fully saturated rings. The summed E-state index contributed by atoms with van der Waals surface area (Å²) in [4.78, 5) is 3.94. The Morgan fingerprint density at radius 3 is 3.07 bits per heavy atom. The maximum Gasteiger partial charge on any atom is 0.243 e. The van der Waals surface area contributed by atoms with E-state index in [1.54, 1.807) is 0 Å². The number of aromatic amines is 1. The smallest absolute Gasteiger partial charge is 0.243 e. The van der Waals surface area contributed by atoms with Gasteiger partial charge in [0.15, 0.2) is 0 Å². The zero-order valence-electron chi connectivity index (χ0n) is 8.04. The summed E-state index contributed by atoms with van der Waals surface area (Å²) < 4.78 is 0. The second kappa shape index (κ2) is 3.53. The molecule has 5 nitrogen and oxygen atoms in total. The van der Waals surface area contributed by atoms with Crippen LogP contribution in [0.3, 0.4) is 0 Å². The summed E-state index contributed by atoms with van der Waals surface area (Å²) in [5, 5.41) is 9.53. The fourth-order valence-corrected chi connectivity index (χ4v) is 1.38. The van der Waals surface area contributed by atoms with Crippen LogP contribution in [0.25, 0.3) is 0 Å². The van der Waals surface area contributed by atoms with E-state index in [4.69, 9.17) is 5.73 Å². The summed E-state index contributed by atoms with van der Waals surface area (Å²) in [7, 11) is 0. The molecule has 0 saturated heterocycles. The first-order valence-electron chi connectivity index (χ1n) is 4.52. The van der Waals surface area contributed by atoms with E-state index in [0.29, 0.717) is 11.9 Å². The Hall–Kier alpha value is -1.78. The number of hydrogen-bond donors (Lipinski definition) is 3. The average molecular weight is 191 g/mol. The van der Waals surface area contributed by atoms with Crippen molar-refractivity contribution in [1.82, 2.24) is 15.2 Å². The normalized spacial score (nSPS) is 15.2. The van der Waals surface area contributed by atoms with Crippen LogP contribution in [0, 0.1) is 0 Å². The highest BCUT2D eigenvalue weighted by molar-refractivity contribution is 5.38. The van der Waals surface area contributed by atoms with Crippen molar-refractivity contribution < 1.29 is 0 Å². The molecular weight excluding hydrogens is 178 g/mol. The molecule has 0 aliphatic heterocycles. The molecule has 14 heavy (non-hydrogen) atoms. The molecule has 0 saturated carbocycles. The molecule has 1 aromatic heterocycles. The molecule has 1 aromatic rings. The summed E-state index contributed by atoms with van der Waals surface area (Å²) in [5.41, 5.74) is 8.04. The lowest BCUT2D eigenvalue weighted by Gasteiger charge is -1.99. The highest BCUT2D eigenvalue weighted by Gasteiger charge is 2.04. The number of rotatable bonds is 3. The molecule has 1 aliphatic rings. The lowest BCUT2D eigenvalue weighted by Crippen LogP contribution is -2.04. The van der Waals surface area contributed by atoms with Crippen molar-refractivity contribution in [1.29, 1.82) is 0 Å². The number of allylic oxidation sites excluding steroid dienone is 2. The topological polar surface area (TPSA) is 79.6 Å². The van der Waals surface area contributed by atoms with Crippen molar-refractivity contribution in [3.63, 3.8) is 0 Å². The molecule has 2 rings (SSSR count). The van der Waals surface area contributed by atoms with Crippen molar-refractivity contribution in [2.75, 3.05) is 17.6 Å². The standard InChI is InChI=1S/C9H13N5/c1-6-2-3-7(4-6)5-11-9-12-8(10)13-14-9/h3-4H,2,5H2,1H3,(H4,10,11,12,13,14). The monoisotopic (exact) mass is 191 g/mol. The maximum atomic E-state index is 5.39. The van der Waals surface area contributed by atoms with Crippen LogP contribution in [0.4, 0.5) is 11.9 Å². The molecular formula is C9H13N5. The van der Waals surface area contributed by atoms with Gasteiger partial charge >= 0.3 is 0 Å². The van der Waals surface area contributed by atoms with Crippen LogP contribution >= 0.6 is 0 Å². The van der Waals surface area contributed by atoms with E-state index in [2.05, 4.69) is 39.6 Å². The van der Waals surface area contributed by atoms with Gasteiger partial charge in [0.25, 0.3) is 0 Å². The number of H-pyrrole nitrogens is 1. The first-order chi connectivity index (χ1) is 6.74. The third-order valence-corrected chi connectivity index (χ3v) is 2.07. The summed E-state index contributed by atoms with van der Waals surface area (Å²) in [5.74, 6) is 0.876. The predicted molar refractivity (Wildman–Crippen MR) is 55.7 cm³/mol. The van der Waals surface area contributed by atoms with Crippen LogP contribution in [-0.2, 0) is 0 Å². The Bertz CT molecular complexity index is 388. The van der Waals surface area contributed by atoms with E-state index in [-0.39, 0.29) is 0 Å². The lowest BCUT2D eigenvalue weighted by molar-refractivity contribution is 1.08. The third-order valence-electron chi connectivity index (χ3n) is 2.07. The van der Waals surface area contributed by atoms with Crippen molar-refractivity contribution in [2.24, 2.45) is 0 Å². The van der Waals surface area contributed by atoms with Gasteiger partial charge in [0.05, 0.1) is 0 Å². The Kier molecular flexibility index (Phi) is 2.22. The second-order valence-corrected chi connectivity index (χ2v) is 3.37. The minimum Gasteiger partial charge on any atom is -0.368 e. The minimum absolute atomic E-state index is 0.333. The van der Waals surface area contributed by atoms with E-state index in [9.17, 15) is 0 Å². The molecule has 1 aliphatic carbocycles. The Labute approximate surface area is 82.1 Å². The van der Waals surface area contributed by atoms with Crippen LogP contribution in [0.15, 0.2) is 23.3 Å². The highest BCUT2D eigenvalue weighted by Crippen LogP contribution is 2.16. The third kappa shape index (κ3) is 1.93. The highest BCUT2D eigenvalue weighted by atomic mass is 15.3. The zero-order valence-corrected chi connectivity index (χ0v) is 8.04. The van der Waals surface area contributed by atoms with Crippen molar-refractivity contribution >= 4 is 11.9 Å². The first kappa shape index (κ1) is 8.80. The van der Waals surface area contributed by atoms with Gasteiger partial charge in [0, 0.05) is 6.54 Å². The molecule has 74 valence electrons. The fourth-order valence-electron chi connectivity index (χ4n) is 1.38. The predicted octanol–water partition coefficient (Wildman–Crippen LogP) is 1.08. The lowest BCUT2D eigenvalue weighted by atomic mass is 10.3. The molecule has 5 heteroatoms. The van der Waals surface area contributed by atoms with Crippen molar-refractivity contribution in [3.8, 4) is 0 Å². The number of nitrogen functional groups attached to an aromatic ring is 1. The van der Waals surface area contributed by atoms with Crippen LogP contribution in [0.1, 0.15) is 13.3 Å². The molecule has 0 amide bonds. The van der Waals surface area contributed by atoms with Gasteiger partial charge in [-0.05, 0) is 18.9 Å². The van der Waals surface area contributed by atoms with Gasteiger partial charge in [-0.15, -0.1) is 5.10 Å². The quantitative estimate of drug-likeness (QED) is 0.667. The van der Waals surface area contributed by atoms with Crippen molar-refractivity contribution in [3.05, 3.63) is 23.3 Å². The number of aromatic nitrogens is 3. The second-order valence-electron chi connectivity index (χ2n) is 3.37. The van der Waals surface area contributed by atoms with Crippen molar-refractivity contribution in [2.45, 2.75) is 13.3 Å². The zero-order chi connectivity index (χ0) is 9.97. The number of nitrogens with zero attached hydrogens (tertiary/aromatic N) is 2. The number of nitrogens with one attached hydrogen (secondary N) is 2. The first-order valence-corrected chi connectivity index (χ1v) is 4.52. The molecule has 0 radical (unpaired) electrons. The van der Waals surface area contributed by atoms with Gasteiger partial charge in [-0.2, -0.15) is 4.98 Å². The molecule has 4 N–H and O–H groups in total. The minimum atomic E-state index is 0.333. The van der Waals surface area contributed by atoms with Gasteiger partial charge in [0.2, 0.25) is 11.9 Å². The summed E-state index contributed by atoms with van der Waals surface area (Å²) in [6.45, 7) is 2.86. The van der Waals surface area contributed by atoms with Crippen LogP contribution in [-0.4, -0.2) is 21.7 Å². The molecule has 0 bridgehead atoms. The molecule has 0 atom stereocenters. The van der Waals surface area contributed by atoms with E-state index < -0.39 is 0 Å². The van der Waals surface area contributed by atoms with E-state index in [1.807, 2.05) is 0 Å². The summed E-state index contributed by atoms with van der Waals surface area (Å²) >= 11 is 0. The molecule has 0 spiro atoms. The Morgan fingerprint density at radius 1 is 1.64 bits per heavy atom. The maximum absolute atomic E-state index is 5.39. The van der Waals surface area contributed by atoms with Crippen LogP contribution in [0.5, 0.6) is 0 Å². The van der Waals surface area contributed by atoms with E-state index >= 15 is 0 Å². The largest absolute Gasteiger partial charge is 0.368 e. The summed E-state index contributed by atoms with van der Waals surface area (Å²) in [6.07, 6.45) is 5.41. The Balaban J connectivity index is 1.89. The summed E-state index contributed by atoms with van der Waals surface area (Å²) in [6, 6.07) is 0.